The fraction of sp³-hybridized carbons (Fsp3) is 0.167. The van der Waals surface area contributed by atoms with Gasteiger partial charge >= 0.3 is 0 Å². The van der Waals surface area contributed by atoms with Crippen LogP contribution in [0.2, 0.25) is 0 Å². The Morgan fingerprint density at radius 1 is 0.950 bits per heavy atom. The summed E-state index contributed by atoms with van der Waals surface area (Å²) in [6.07, 6.45) is 0.0345. The molecule has 0 radical (unpaired) electrons. The number of benzene rings is 2. The van der Waals surface area contributed by atoms with E-state index in [0.717, 1.165) is 11.1 Å². The fourth-order valence-corrected chi connectivity index (χ4v) is 1.55. The Bertz CT molecular complexity index is 619. The molecule has 100 valence electrons. The van der Waals surface area contributed by atoms with Gasteiger partial charge in [0, 0.05) is 11.1 Å². The van der Waals surface area contributed by atoms with Crippen molar-refractivity contribution in [3.8, 4) is 11.8 Å². The molecule has 2 heteroatoms. The number of hydrogen-bond donors (Lipinski definition) is 0. The maximum Gasteiger partial charge on any atom is 0.160 e. The molecular formula is C18H17NO. The van der Waals surface area contributed by atoms with E-state index in [-0.39, 0.29) is 6.10 Å². The van der Waals surface area contributed by atoms with Crippen molar-refractivity contribution in [1.29, 1.82) is 0 Å². The predicted octanol–water partition coefficient (Wildman–Crippen LogP) is 3.87. The van der Waals surface area contributed by atoms with Crippen molar-refractivity contribution in [1.82, 2.24) is 0 Å². The molecule has 0 bridgehead atoms. The highest BCUT2D eigenvalue weighted by Gasteiger charge is 2.01. The van der Waals surface area contributed by atoms with Crippen molar-refractivity contribution in [3.05, 3.63) is 71.8 Å². The lowest BCUT2D eigenvalue weighted by molar-refractivity contribution is 0.0865. The highest BCUT2D eigenvalue weighted by Crippen LogP contribution is 2.03. The van der Waals surface area contributed by atoms with Gasteiger partial charge in [-0.2, -0.15) is 0 Å². The first kappa shape index (κ1) is 13.9. The molecule has 20 heavy (non-hydrogen) atoms. The van der Waals surface area contributed by atoms with Crippen molar-refractivity contribution >= 4 is 5.71 Å². The molecule has 0 aliphatic carbocycles. The summed E-state index contributed by atoms with van der Waals surface area (Å²) in [5, 5.41) is 4.15. The highest BCUT2D eigenvalue weighted by molar-refractivity contribution is 6.12. The molecule has 2 aromatic carbocycles. The third-order valence-corrected chi connectivity index (χ3v) is 2.50. The summed E-state index contributed by atoms with van der Waals surface area (Å²) in [5.41, 5.74) is 2.56. The van der Waals surface area contributed by atoms with Gasteiger partial charge in [0.05, 0.1) is 0 Å². The van der Waals surface area contributed by atoms with Crippen LogP contribution in [0, 0.1) is 11.8 Å². The van der Waals surface area contributed by atoms with Crippen molar-refractivity contribution in [2.45, 2.75) is 20.0 Å². The molecule has 0 spiro atoms. The first-order chi connectivity index (χ1) is 9.75. The molecule has 0 saturated heterocycles. The van der Waals surface area contributed by atoms with Crippen molar-refractivity contribution < 1.29 is 4.84 Å². The van der Waals surface area contributed by atoms with Gasteiger partial charge in [-0.3, -0.25) is 0 Å². The van der Waals surface area contributed by atoms with Crippen LogP contribution in [-0.4, -0.2) is 11.8 Å². The average Bonchev–Trinajstić information content (AvgIpc) is 2.49. The Labute approximate surface area is 120 Å². The smallest absolute Gasteiger partial charge is 0.160 e. The van der Waals surface area contributed by atoms with Gasteiger partial charge in [0.25, 0.3) is 0 Å². The topological polar surface area (TPSA) is 21.6 Å². The Morgan fingerprint density at radius 3 is 2.15 bits per heavy atom. The maximum atomic E-state index is 5.33. The van der Waals surface area contributed by atoms with Crippen LogP contribution in [0.15, 0.2) is 65.8 Å². The van der Waals surface area contributed by atoms with Gasteiger partial charge in [0.1, 0.15) is 6.10 Å². The van der Waals surface area contributed by atoms with Crippen molar-refractivity contribution in [2.75, 3.05) is 0 Å². The molecule has 0 unspecified atom stereocenters. The van der Waals surface area contributed by atoms with Crippen LogP contribution < -0.4 is 0 Å². The first-order valence-corrected chi connectivity index (χ1v) is 6.62. The largest absolute Gasteiger partial charge is 0.392 e. The van der Waals surface area contributed by atoms with Gasteiger partial charge in [-0.25, -0.2) is 0 Å². The summed E-state index contributed by atoms with van der Waals surface area (Å²) >= 11 is 0. The van der Waals surface area contributed by atoms with Crippen LogP contribution in [-0.2, 0) is 4.84 Å². The minimum atomic E-state index is 0.0345. The van der Waals surface area contributed by atoms with Gasteiger partial charge in [-0.15, -0.1) is 0 Å². The highest BCUT2D eigenvalue weighted by atomic mass is 16.6. The third kappa shape index (κ3) is 4.29. The van der Waals surface area contributed by atoms with Crippen LogP contribution >= 0.6 is 0 Å². The molecule has 0 atom stereocenters. The molecule has 2 aromatic rings. The third-order valence-electron chi connectivity index (χ3n) is 2.50. The summed E-state index contributed by atoms with van der Waals surface area (Å²) in [7, 11) is 0. The molecule has 0 fully saturated rings. The zero-order valence-corrected chi connectivity index (χ0v) is 11.7. The van der Waals surface area contributed by atoms with Crippen molar-refractivity contribution in [3.63, 3.8) is 0 Å². The van der Waals surface area contributed by atoms with E-state index < -0.39 is 0 Å². The summed E-state index contributed by atoms with van der Waals surface area (Å²) < 4.78 is 0. The minimum absolute atomic E-state index is 0.0345. The summed E-state index contributed by atoms with van der Waals surface area (Å²) in [4.78, 5) is 5.33. The summed E-state index contributed by atoms with van der Waals surface area (Å²) in [6.45, 7) is 3.88. The fourth-order valence-electron chi connectivity index (χ4n) is 1.55. The Balaban J connectivity index is 2.29. The zero-order chi connectivity index (χ0) is 14.2. The van der Waals surface area contributed by atoms with Gasteiger partial charge in [-0.05, 0) is 31.9 Å². The first-order valence-electron chi connectivity index (χ1n) is 6.62. The molecule has 0 aromatic heterocycles. The Morgan fingerprint density at radius 2 is 1.55 bits per heavy atom. The van der Waals surface area contributed by atoms with Gasteiger partial charge in [-0.1, -0.05) is 59.6 Å². The molecule has 2 rings (SSSR count). The number of rotatable bonds is 3. The van der Waals surface area contributed by atoms with E-state index in [4.69, 9.17) is 4.84 Å². The van der Waals surface area contributed by atoms with Crippen LogP contribution in [0.1, 0.15) is 25.0 Å². The molecule has 2 nitrogen and oxygen atoms in total. The van der Waals surface area contributed by atoms with E-state index in [9.17, 15) is 0 Å². The normalized spacial score (nSPS) is 10.8. The summed E-state index contributed by atoms with van der Waals surface area (Å²) in [6, 6.07) is 19.7. The minimum Gasteiger partial charge on any atom is -0.392 e. The average molecular weight is 263 g/mol. The van der Waals surface area contributed by atoms with Gasteiger partial charge in [0.2, 0.25) is 0 Å². The van der Waals surface area contributed by atoms with Gasteiger partial charge in [0.15, 0.2) is 5.71 Å². The van der Waals surface area contributed by atoms with Crippen LogP contribution in [0.4, 0.5) is 0 Å². The molecule has 0 aliphatic rings. The number of nitrogens with zero attached hydrogens (tertiary/aromatic N) is 1. The monoisotopic (exact) mass is 263 g/mol. The van der Waals surface area contributed by atoms with E-state index in [2.05, 4.69) is 17.0 Å². The van der Waals surface area contributed by atoms with E-state index in [1.54, 1.807) is 0 Å². The SMILES string of the molecule is CC(C)O/N=C(/C#Cc1ccccc1)c1ccccc1. The maximum absolute atomic E-state index is 5.33. The molecule has 0 saturated carbocycles. The standard InChI is InChI=1S/C18H17NO/c1-15(2)20-19-18(17-11-7-4-8-12-17)14-13-16-9-5-3-6-10-16/h3-12,15H,1-2H3/b19-18-. The van der Waals surface area contributed by atoms with Crippen molar-refractivity contribution in [2.24, 2.45) is 5.16 Å². The van der Waals surface area contributed by atoms with E-state index in [0.29, 0.717) is 5.71 Å². The van der Waals surface area contributed by atoms with E-state index >= 15 is 0 Å². The lowest BCUT2D eigenvalue weighted by atomic mass is 10.1. The molecule has 0 heterocycles. The second-order valence-corrected chi connectivity index (χ2v) is 4.58. The second-order valence-electron chi connectivity index (χ2n) is 4.58. The number of oxime groups is 1. The molecule has 0 aliphatic heterocycles. The molecular weight excluding hydrogens is 246 g/mol. The Hall–Kier alpha value is -2.53. The zero-order valence-electron chi connectivity index (χ0n) is 11.7. The second kappa shape index (κ2) is 7.16. The molecule has 0 N–H and O–H groups in total. The number of hydrogen-bond acceptors (Lipinski definition) is 2. The van der Waals surface area contributed by atoms with Crippen LogP contribution in [0.25, 0.3) is 0 Å². The predicted molar refractivity (Wildman–Crippen MR) is 82.5 cm³/mol. The van der Waals surface area contributed by atoms with E-state index in [1.807, 2.05) is 74.5 Å². The van der Waals surface area contributed by atoms with Crippen LogP contribution in [0.5, 0.6) is 0 Å². The van der Waals surface area contributed by atoms with Crippen LogP contribution in [0.3, 0.4) is 0 Å². The van der Waals surface area contributed by atoms with Gasteiger partial charge < -0.3 is 4.84 Å². The van der Waals surface area contributed by atoms with E-state index in [1.165, 1.54) is 0 Å². The lowest BCUT2D eigenvalue weighted by Gasteiger charge is -2.03. The summed E-state index contributed by atoms with van der Waals surface area (Å²) in [5.74, 6) is 6.19. The molecule has 0 amide bonds. The Kier molecular flexibility index (Phi) is 4.97. The quantitative estimate of drug-likeness (QED) is 0.468. The lowest BCUT2D eigenvalue weighted by Crippen LogP contribution is -2.03.